The van der Waals surface area contributed by atoms with Crippen molar-refractivity contribution in [3.8, 4) is 5.75 Å². The summed E-state index contributed by atoms with van der Waals surface area (Å²) < 4.78 is 25.6. The van der Waals surface area contributed by atoms with Crippen molar-refractivity contribution in [1.82, 2.24) is 4.79 Å². The molecule has 1 atom stereocenters. The van der Waals surface area contributed by atoms with Gasteiger partial charge in [0.2, 0.25) is 0 Å². The highest BCUT2D eigenvalue weighted by Gasteiger charge is 2.20. The summed E-state index contributed by atoms with van der Waals surface area (Å²) in [6.45, 7) is 2.79. The lowest BCUT2D eigenvalue weighted by atomic mass is 10.1. The van der Waals surface area contributed by atoms with Crippen LogP contribution < -0.4 is 10.1 Å². The van der Waals surface area contributed by atoms with Gasteiger partial charge in [0.25, 0.3) is 5.91 Å². The zero-order valence-corrected chi connectivity index (χ0v) is 16.4. The minimum absolute atomic E-state index is 0.0839. The van der Waals surface area contributed by atoms with Crippen molar-refractivity contribution < 1.29 is 28.7 Å². The Kier molecular flexibility index (Phi) is 5.41. The number of aromatic carboxylic acids is 1. The van der Waals surface area contributed by atoms with Crippen LogP contribution in [-0.2, 0) is 4.74 Å². The van der Waals surface area contributed by atoms with Gasteiger partial charge in [-0.2, -0.15) is 4.79 Å². The number of anilines is 1. The summed E-state index contributed by atoms with van der Waals surface area (Å²) in [4.78, 5) is 23.9. The average molecular weight is 412 g/mol. The maximum Gasteiger partial charge on any atom is 0.355 e. The molecule has 30 heavy (non-hydrogen) atoms. The van der Waals surface area contributed by atoms with Crippen LogP contribution in [0.25, 0.3) is 10.9 Å². The standard InChI is InChI=1S/C22H21FN2O5/c1-13-18-9-6-15(11-19(18)25(23)20(13)22(27)28)24-21(26)14-4-7-16(8-5-14)30-12-17-3-2-10-29-17/h4-9,11,17H,2-3,10,12H2,1H3,(H,24,26)(H,27,28)/t17-/m0/s1. The molecule has 8 heteroatoms. The van der Waals surface area contributed by atoms with Gasteiger partial charge in [-0.05, 0) is 61.7 Å². The summed E-state index contributed by atoms with van der Waals surface area (Å²) in [5.41, 5.74) is 0.765. The van der Waals surface area contributed by atoms with Crippen LogP contribution in [0.1, 0.15) is 39.3 Å². The number of hydrogen-bond donors (Lipinski definition) is 2. The van der Waals surface area contributed by atoms with Crippen molar-refractivity contribution in [2.75, 3.05) is 18.5 Å². The van der Waals surface area contributed by atoms with E-state index in [-0.39, 0.29) is 22.3 Å². The van der Waals surface area contributed by atoms with E-state index in [9.17, 15) is 19.2 Å². The highest BCUT2D eigenvalue weighted by Crippen LogP contribution is 2.28. The predicted molar refractivity (Wildman–Crippen MR) is 109 cm³/mol. The van der Waals surface area contributed by atoms with Gasteiger partial charge >= 0.3 is 5.97 Å². The Morgan fingerprint density at radius 1 is 1.27 bits per heavy atom. The third-order valence-electron chi connectivity index (χ3n) is 5.20. The number of fused-ring (bicyclic) bond motifs is 1. The first-order valence-corrected chi connectivity index (χ1v) is 9.64. The van der Waals surface area contributed by atoms with Crippen LogP contribution in [0.15, 0.2) is 42.5 Å². The summed E-state index contributed by atoms with van der Waals surface area (Å²) >= 11 is 0. The molecule has 0 radical (unpaired) electrons. The number of carboxylic acid groups (broad SMARTS) is 1. The van der Waals surface area contributed by atoms with E-state index in [1.54, 1.807) is 43.3 Å². The molecular weight excluding hydrogens is 391 g/mol. The molecule has 2 N–H and O–H groups in total. The van der Waals surface area contributed by atoms with E-state index in [1.165, 1.54) is 6.07 Å². The molecule has 1 saturated heterocycles. The fraction of sp³-hybridized carbons (Fsp3) is 0.273. The molecule has 2 heterocycles. The number of aromatic nitrogens is 1. The van der Waals surface area contributed by atoms with Crippen molar-refractivity contribution in [3.05, 3.63) is 59.3 Å². The van der Waals surface area contributed by atoms with Crippen LogP contribution in [0.2, 0.25) is 0 Å². The van der Waals surface area contributed by atoms with E-state index in [0.717, 1.165) is 19.4 Å². The third kappa shape index (κ3) is 3.86. The van der Waals surface area contributed by atoms with Crippen LogP contribution in [-0.4, -0.2) is 41.1 Å². The van der Waals surface area contributed by atoms with Gasteiger partial charge in [-0.15, -0.1) is 0 Å². The number of carboxylic acids is 1. The van der Waals surface area contributed by atoms with Crippen molar-refractivity contribution in [2.24, 2.45) is 0 Å². The predicted octanol–water partition coefficient (Wildman–Crippen LogP) is 4.19. The molecule has 1 aromatic heterocycles. The molecular formula is C22H21FN2O5. The van der Waals surface area contributed by atoms with E-state index in [1.807, 2.05) is 0 Å². The van der Waals surface area contributed by atoms with E-state index >= 15 is 0 Å². The van der Waals surface area contributed by atoms with Crippen LogP contribution >= 0.6 is 0 Å². The largest absolute Gasteiger partial charge is 0.491 e. The molecule has 2 aromatic carbocycles. The lowest BCUT2D eigenvalue weighted by Crippen LogP contribution is -2.16. The van der Waals surface area contributed by atoms with Crippen molar-refractivity contribution in [2.45, 2.75) is 25.9 Å². The number of aryl methyl sites for hydroxylation is 1. The fourth-order valence-corrected chi connectivity index (χ4v) is 3.60. The summed E-state index contributed by atoms with van der Waals surface area (Å²) in [6.07, 6.45) is 2.15. The Morgan fingerprint density at radius 3 is 2.70 bits per heavy atom. The first kappa shape index (κ1) is 19.9. The quantitative estimate of drug-likeness (QED) is 0.634. The van der Waals surface area contributed by atoms with Gasteiger partial charge in [0.15, 0.2) is 5.69 Å². The second-order valence-corrected chi connectivity index (χ2v) is 7.22. The molecule has 0 saturated carbocycles. The van der Waals surface area contributed by atoms with Gasteiger partial charge in [-0.1, -0.05) is 10.5 Å². The van der Waals surface area contributed by atoms with Gasteiger partial charge < -0.3 is 19.9 Å². The third-order valence-corrected chi connectivity index (χ3v) is 5.20. The number of rotatable bonds is 6. The van der Waals surface area contributed by atoms with Gasteiger partial charge in [0, 0.05) is 23.2 Å². The fourth-order valence-electron chi connectivity index (χ4n) is 3.60. The van der Waals surface area contributed by atoms with Crippen molar-refractivity contribution in [3.63, 3.8) is 0 Å². The smallest absolute Gasteiger partial charge is 0.355 e. The van der Waals surface area contributed by atoms with Crippen LogP contribution in [0.3, 0.4) is 0 Å². The molecule has 4 rings (SSSR count). The van der Waals surface area contributed by atoms with Crippen LogP contribution in [0.5, 0.6) is 5.75 Å². The first-order chi connectivity index (χ1) is 14.4. The highest BCUT2D eigenvalue weighted by molar-refractivity contribution is 6.06. The van der Waals surface area contributed by atoms with Crippen LogP contribution in [0, 0.1) is 6.92 Å². The molecule has 0 unspecified atom stereocenters. The topological polar surface area (TPSA) is 89.8 Å². The summed E-state index contributed by atoms with van der Waals surface area (Å²) in [6, 6.07) is 11.3. The number of nitrogens with zero attached hydrogens (tertiary/aromatic N) is 1. The molecule has 156 valence electrons. The number of carbonyl (C=O) groups excluding carboxylic acids is 1. The molecule has 7 nitrogen and oxygen atoms in total. The number of hydrogen-bond acceptors (Lipinski definition) is 4. The summed E-state index contributed by atoms with van der Waals surface area (Å²) in [5, 5.41) is 12.4. The second-order valence-electron chi connectivity index (χ2n) is 7.22. The maximum absolute atomic E-state index is 14.4. The number of amides is 1. The Hall–Kier alpha value is -3.39. The minimum Gasteiger partial charge on any atom is -0.491 e. The number of benzene rings is 2. The van der Waals surface area contributed by atoms with Gasteiger partial charge in [0.05, 0.1) is 11.6 Å². The molecule has 1 amide bonds. The Balaban J connectivity index is 1.46. The Morgan fingerprint density at radius 2 is 2.03 bits per heavy atom. The monoisotopic (exact) mass is 412 g/mol. The lowest BCUT2D eigenvalue weighted by Gasteiger charge is -2.12. The number of ether oxygens (including phenoxy) is 2. The molecule has 0 aliphatic carbocycles. The Bertz CT molecular complexity index is 1100. The second kappa shape index (κ2) is 8.16. The maximum atomic E-state index is 14.4. The van der Waals surface area contributed by atoms with Crippen LogP contribution in [0.4, 0.5) is 10.2 Å². The lowest BCUT2D eigenvalue weighted by molar-refractivity contribution is 0.0673. The molecule has 1 aliphatic rings. The highest BCUT2D eigenvalue weighted by atomic mass is 19.2. The van der Waals surface area contributed by atoms with Crippen molar-refractivity contribution in [1.29, 1.82) is 0 Å². The van der Waals surface area contributed by atoms with E-state index in [2.05, 4.69) is 5.32 Å². The number of nitrogens with one attached hydrogen (secondary N) is 1. The molecule has 0 bridgehead atoms. The minimum atomic E-state index is -1.35. The molecule has 3 aromatic rings. The first-order valence-electron chi connectivity index (χ1n) is 9.64. The van der Waals surface area contributed by atoms with Crippen molar-refractivity contribution >= 4 is 28.5 Å². The molecule has 1 fully saturated rings. The van der Waals surface area contributed by atoms with Gasteiger partial charge in [0.1, 0.15) is 12.4 Å². The SMILES string of the molecule is Cc1c(C(=O)O)n(F)c2cc(NC(=O)c3ccc(OC[C@@H]4CCCO4)cc3)ccc12. The van der Waals surface area contributed by atoms with Gasteiger partial charge in [-0.3, -0.25) is 4.79 Å². The zero-order valence-electron chi connectivity index (χ0n) is 16.4. The number of halogens is 1. The zero-order chi connectivity index (χ0) is 21.3. The Labute approximate surface area is 171 Å². The number of carbonyl (C=O) groups is 2. The summed E-state index contributed by atoms with van der Waals surface area (Å²) in [7, 11) is 0. The normalized spacial score (nSPS) is 16.0. The van der Waals surface area contributed by atoms with Gasteiger partial charge in [-0.25, -0.2) is 4.79 Å². The van der Waals surface area contributed by atoms with E-state index in [4.69, 9.17) is 9.47 Å². The molecule has 0 spiro atoms. The van der Waals surface area contributed by atoms with E-state index < -0.39 is 11.7 Å². The summed E-state index contributed by atoms with van der Waals surface area (Å²) in [5.74, 6) is -1.07. The molecule has 1 aliphatic heterocycles. The van der Waals surface area contributed by atoms with E-state index in [0.29, 0.717) is 34.6 Å². The average Bonchev–Trinajstić information content (AvgIpc) is 3.33.